The molecule has 0 saturated heterocycles. The molecule has 0 N–H and O–H groups in total. The molecule has 4 nitrogen and oxygen atoms in total. The lowest BCUT2D eigenvalue weighted by Gasteiger charge is -2.17. The van der Waals surface area contributed by atoms with Gasteiger partial charge >= 0.3 is 18.3 Å². The summed E-state index contributed by atoms with van der Waals surface area (Å²) in [5.41, 5.74) is -5.10. The molecule has 1 aromatic heterocycles. The Kier molecular flexibility index (Phi) is 3.02. The first kappa shape index (κ1) is 14.7. The number of alkyl halides is 6. The summed E-state index contributed by atoms with van der Waals surface area (Å²) in [7, 11) is 0.948. The molecule has 0 bridgehead atoms. The predicted molar refractivity (Wildman–Crippen MR) is 51.5 cm³/mol. The molecule has 1 saturated carbocycles. The lowest BCUT2D eigenvalue weighted by atomic mass is 10.2. The van der Waals surface area contributed by atoms with Gasteiger partial charge in [-0.15, -0.1) is 0 Å². The van der Waals surface area contributed by atoms with Crippen LogP contribution in [0.15, 0.2) is 6.07 Å². The zero-order chi connectivity index (χ0) is 15.3. The average Bonchev–Trinajstić information content (AvgIpc) is 2.96. The van der Waals surface area contributed by atoms with Crippen LogP contribution in [-0.4, -0.2) is 22.9 Å². The monoisotopic (exact) mass is 302 g/mol. The highest BCUT2D eigenvalue weighted by Gasteiger charge is 2.58. The molecule has 1 heterocycles. The minimum atomic E-state index is -5.06. The van der Waals surface area contributed by atoms with Crippen molar-refractivity contribution >= 4 is 5.97 Å². The second kappa shape index (κ2) is 4.13. The maximum Gasteiger partial charge on any atom is 0.435 e. The summed E-state index contributed by atoms with van der Waals surface area (Å²) < 4.78 is 80.3. The fraction of sp³-hybridized carbons (Fsp3) is 0.600. The number of carbonyl (C=O) groups excluding carboxylic acids is 1. The van der Waals surface area contributed by atoms with E-state index in [9.17, 15) is 31.1 Å². The molecule has 0 atom stereocenters. The molecule has 1 aliphatic carbocycles. The van der Waals surface area contributed by atoms with Crippen molar-refractivity contribution in [1.29, 1.82) is 0 Å². The van der Waals surface area contributed by atoms with Gasteiger partial charge in [0.25, 0.3) is 0 Å². The van der Waals surface area contributed by atoms with Crippen LogP contribution in [0.2, 0.25) is 0 Å². The van der Waals surface area contributed by atoms with Crippen molar-refractivity contribution in [3.05, 3.63) is 17.5 Å². The minimum absolute atomic E-state index is 0.0538. The van der Waals surface area contributed by atoms with Gasteiger partial charge < -0.3 is 4.74 Å². The smallest absolute Gasteiger partial charge is 0.435 e. The predicted octanol–water partition coefficient (Wildman–Crippen LogP) is 2.58. The summed E-state index contributed by atoms with van der Waals surface area (Å²) in [4.78, 5) is 11.5. The van der Waals surface area contributed by atoms with Crippen LogP contribution in [0.3, 0.4) is 0 Å². The topological polar surface area (TPSA) is 44.1 Å². The van der Waals surface area contributed by atoms with E-state index in [0.717, 1.165) is 7.11 Å². The molecule has 112 valence electrons. The third kappa shape index (κ3) is 2.22. The molecule has 0 spiro atoms. The van der Waals surface area contributed by atoms with E-state index in [1.807, 2.05) is 0 Å². The number of rotatable bonds is 2. The van der Waals surface area contributed by atoms with Crippen LogP contribution < -0.4 is 0 Å². The Morgan fingerprint density at radius 2 is 1.80 bits per heavy atom. The van der Waals surface area contributed by atoms with Crippen molar-refractivity contribution < 1.29 is 35.9 Å². The Labute approximate surface area is 108 Å². The minimum Gasteiger partial charge on any atom is -0.467 e. The number of methoxy groups -OCH3 is 1. The molecular weight excluding hydrogens is 294 g/mol. The number of esters is 1. The summed E-state index contributed by atoms with van der Waals surface area (Å²) in [5, 5.41) is 2.92. The quantitative estimate of drug-likeness (QED) is 0.623. The molecule has 2 rings (SSSR count). The molecule has 1 fully saturated rings. The van der Waals surface area contributed by atoms with Gasteiger partial charge in [0, 0.05) is 6.07 Å². The number of ether oxygens (including phenoxy) is 1. The van der Waals surface area contributed by atoms with E-state index in [2.05, 4.69) is 9.84 Å². The van der Waals surface area contributed by atoms with E-state index in [0.29, 0.717) is 0 Å². The van der Waals surface area contributed by atoms with Gasteiger partial charge in [-0.25, -0.2) is 9.48 Å². The maximum atomic E-state index is 12.8. The lowest BCUT2D eigenvalue weighted by molar-refractivity contribution is -0.153. The Bertz CT molecular complexity index is 541. The zero-order valence-corrected chi connectivity index (χ0v) is 9.97. The molecule has 0 unspecified atom stereocenters. The summed E-state index contributed by atoms with van der Waals surface area (Å²) >= 11 is 0. The fourth-order valence-electron chi connectivity index (χ4n) is 1.86. The highest BCUT2D eigenvalue weighted by Crippen LogP contribution is 2.48. The van der Waals surface area contributed by atoms with E-state index >= 15 is 0 Å². The first-order valence-electron chi connectivity index (χ1n) is 5.36. The van der Waals surface area contributed by atoms with Gasteiger partial charge in [0.2, 0.25) is 0 Å². The summed E-state index contributed by atoms with van der Waals surface area (Å²) in [6.07, 6.45) is -10.2. The first-order valence-corrected chi connectivity index (χ1v) is 5.36. The summed E-state index contributed by atoms with van der Waals surface area (Å²) in [6.45, 7) is 0. The van der Waals surface area contributed by atoms with Gasteiger partial charge in [-0.1, -0.05) is 0 Å². The Morgan fingerprint density at radius 3 is 2.15 bits per heavy atom. The van der Waals surface area contributed by atoms with Crippen molar-refractivity contribution in [3.63, 3.8) is 0 Å². The van der Waals surface area contributed by atoms with Crippen molar-refractivity contribution in [2.24, 2.45) is 0 Å². The summed E-state index contributed by atoms with van der Waals surface area (Å²) in [6, 6.07) is -0.108. The van der Waals surface area contributed by atoms with Crippen LogP contribution in [0, 0.1) is 0 Å². The zero-order valence-electron chi connectivity index (χ0n) is 9.97. The number of hydrogen-bond donors (Lipinski definition) is 0. The third-order valence-electron chi connectivity index (χ3n) is 2.98. The van der Waals surface area contributed by atoms with Crippen molar-refractivity contribution in [2.45, 2.75) is 30.7 Å². The SMILES string of the molecule is COC(=O)C1(n2nc(C(F)(F)F)cc2C(F)(F)F)CC1. The molecule has 20 heavy (non-hydrogen) atoms. The van der Waals surface area contributed by atoms with Crippen LogP contribution in [0.4, 0.5) is 26.3 Å². The number of hydrogen-bond acceptors (Lipinski definition) is 3. The number of halogens is 6. The molecule has 1 aliphatic rings. The first-order chi connectivity index (χ1) is 9.02. The second-order valence-corrected chi connectivity index (χ2v) is 4.35. The largest absolute Gasteiger partial charge is 0.467 e. The van der Waals surface area contributed by atoms with Gasteiger partial charge in [-0.2, -0.15) is 31.4 Å². The molecule has 0 amide bonds. The molecule has 0 aromatic carbocycles. The Morgan fingerprint density at radius 1 is 1.25 bits per heavy atom. The van der Waals surface area contributed by atoms with E-state index < -0.39 is 35.2 Å². The molecular formula is C10H8F6N2O2. The standard InChI is InChI=1S/C10H8F6N2O2/c1-20-7(19)8(2-3-8)18-6(10(14,15)16)4-5(17-18)9(11,12)13/h4H,2-3H2,1H3. The Hall–Kier alpha value is -1.74. The van der Waals surface area contributed by atoms with E-state index in [1.54, 1.807) is 0 Å². The maximum absolute atomic E-state index is 12.8. The normalized spacial score (nSPS) is 17.9. The molecule has 10 heteroatoms. The van der Waals surface area contributed by atoms with Crippen LogP contribution >= 0.6 is 0 Å². The van der Waals surface area contributed by atoms with Crippen LogP contribution in [0.1, 0.15) is 24.2 Å². The highest BCUT2D eigenvalue weighted by molar-refractivity contribution is 5.82. The van der Waals surface area contributed by atoms with E-state index in [1.165, 1.54) is 0 Å². The fourth-order valence-corrected chi connectivity index (χ4v) is 1.86. The van der Waals surface area contributed by atoms with Crippen LogP contribution in [0.5, 0.6) is 0 Å². The van der Waals surface area contributed by atoms with Crippen LogP contribution in [-0.2, 0) is 27.4 Å². The van der Waals surface area contributed by atoms with Gasteiger partial charge in [0.1, 0.15) is 5.69 Å². The van der Waals surface area contributed by atoms with Gasteiger partial charge in [0.15, 0.2) is 11.2 Å². The molecule has 1 aromatic rings. The number of aromatic nitrogens is 2. The van der Waals surface area contributed by atoms with E-state index in [-0.39, 0.29) is 23.6 Å². The van der Waals surface area contributed by atoms with Gasteiger partial charge in [-0.05, 0) is 12.8 Å². The Balaban J connectivity index is 2.58. The highest BCUT2D eigenvalue weighted by atomic mass is 19.4. The van der Waals surface area contributed by atoms with Gasteiger partial charge in [0.05, 0.1) is 7.11 Å². The second-order valence-electron chi connectivity index (χ2n) is 4.35. The molecule has 0 aliphatic heterocycles. The molecule has 0 radical (unpaired) electrons. The number of nitrogens with zero attached hydrogens (tertiary/aromatic N) is 2. The third-order valence-corrected chi connectivity index (χ3v) is 2.98. The van der Waals surface area contributed by atoms with Crippen molar-refractivity contribution in [1.82, 2.24) is 9.78 Å². The van der Waals surface area contributed by atoms with E-state index in [4.69, 9.17) is 0 Å². The van der Waals surface area contributed by atoms with Crippen molar-refractivity contribution in [3.8, 4) is 0 Å². The van der Waals surface area contributed by atoms with Crippen molar-refractivity contribution in [2.75, 3.05) is 7.11 Å². The number of carbonyl (C=O) groups is 1. The summed E-state index contributed by atoms with van der Waals surface area (Å²) in [5.74, 6) is -1.04. The van der Waals surface area contributed by atoms with Crippen LogP contribution in [0.25, 0.3) is 0 Å². The average molecular weight is 302 g/mol. The van der Waals surface area contributed by atoms with Gasteiger partial charge in [-0.3, -0.25) is 0 Å². The lowest BCUT2D eigenvalue weighted by Crippen LogP contribution is -2.33.